The molecule has 3 nitrogen and oxygen atoms in total. The van der Waals surface area contributed by atoms with Crippen molar-refractivity contribution in [3.63, 3.8) is 0 Å². The molecule has 21 heavy (non-hydrogen) atoms. The molecule has 0 radical (unpaired) electrons. The smallest absolute Gasteiger partial charge is 0.180 e. The van der Waals surface area contributed by atoms with Crippen LogP contribution in [0.3, 0.4) is 0 Å². The van der Waals surface area contributed by atoms with Gasteiger partial charge in [0.2, 0.25) is 0 Å². The minimum absolute atomic E-state index is 0.108. The lowest BCUT2D eigenvalue weighted by molar-refractivity contribution is 0.286. The van der Waals surface area contributed by atoms with Gasteiger partial charge in [-0.15, -0.1) is 11.6 Å². The van der Waals surface area contributed by atoms with Crippen LogP contribution in [-0.2, 0) is 9.84 Å². The highest BCUT2D eigenvalue weighted by atomic mass is 35.5. The molecule has 1 aromatic carbocycles. The number of alkyl halides is 1. The van der Waals surface area contributed by atoms with E-state index in [1.54, 1.807) is 19.1 Å². The quantitative estimate of drug-likeness (QED) is 0.828. The summed E-state index contributed by atoms with van der Waals surface area (Å²) in [5.41, 5.74) is 0.502. The van der Waals surface area contributed by atoms with Crippen LogP contribution in [0.25, 0.3) is 0 Å². The second-order valence-electron chi connectivity index (χ2n) is 6.12. The summed E-state index contributed by atoms with van der Waals surface area (Å²) in [6, 6.07) is 7.15. The fourth-order valence-electron chi connectivity index (χ4n) is 2.89. The van der Waals surface area contributed by atoms with E-state index in [9.17, 15) is 8.42 Å². The van der Waals surface area contributed by atoms with Crippen LogP contribution in [0.1, 0.15) is 39.5 Å². The molecular weight excluding hydrogens is 306 g/mol. The van der Waals surface area contributed by atoms with Crippen molar-refractivity contribution in [2.24, 2.45) is 5.92 Å². The van der Waals surface area contributed by atoms with Gasteiger partial charge in [0.1, 0.15) is 0 Å². The van der Waals surface area contributed by atoms with Crippen molar-refractivity contribution in [3.05, 3.63) is 24.3 Å². The van der Waals surface area contributed by atoms with E-state index in [0.717, 1.165) is 31.6 Å². The zero-order chi connectivity index (χ0) is 15.5. The van der Waals surface area contributed by atoms with Crippen molar-refractivity contribution in [2.45, 2.75) is 50.0 Å². The van der Waals surface area contributed by atoms with Crippen LogP contribution >= 0.6 is 11.6 Å². The molecule has 0 heterocycles. The van der Waals surface area contributed by atoms with E-state index in [1.165, 1.54) is 0 Å². The number of hydrogen-bond donors (Lipinski definition) is 1. The molecule has 0 unspecified atom stereocenters. The molecule has 1 aliphatic carbocycles. The predicted molar refractivity (Wildman–Crippen MR) is 88.9 cm³/mol. The molecule has 1 aromatic rings. The van der Waals surface area contributed by atoms with Crippen molar-refractivity contribution in [1.82, 2.24) is 0 Å². The first-order chi connectivity index (χ1) is 9.92. The van der Waals surface area contributed by atoms with Crippen molar-refractivity contribution in [1.29, 1.82) is 0 Å². The van der Waals surface area contributed by atoms with Crippen molar-refractivity contribution in [3.8, 4) is 0 Å². The number of anilines is 1. The number of nitrogens with one attached hydrogen (secondary N) is 1. The first kappa shape index (κ1) is 16.6. The van der Waals surface area contributed by atoms with Gasteiger partial charge in [0.15, 0.2) is 9.84 Å². The summed E-state index contributed by atoms with van der Waals surface area (Å²) in [5, 5.41) is 3.46. The monoisotopic (exact) mass is 329 g/mol. The normalized spacial score (nSPS) is 26.5. The molecule has 0 bridgehead atoms. The first-order valence-electron chi connectivity index (χ1n) is 7.58. The number of hydrogen-bond acceptors (Lipinski definition) is 3. The topological polar surface area (TPSA) is 46.2 Å². The Kier molecular flexibility index (Phi) is 5.20. The third kappa shape index (κ3) is 3.72. The summed E-state index contributed by atoms with van der Waals surface area (Å²) in [6.07, 6.45) is 4.22. The summed E-state index contributed by atoms with van der Waals surface area (Å²) in [4.78, 5) is 0.385. The lowest BCUT2D eigenvalue weighted by atomic mass is 9.78. The van der Waals surface area contributed by atoms with Crippen LogP contribution in [0.15, 0.2) is 29.2 Å². The summed E-state index contributed by atoms with van der Waals surface area (Å²) in [5.74, 6) is 1.33. The largest absolute Gasteiger partial charge is 0.377 e. The minimum atomic E-state index is -3.23. The van der Waals surface area contributed by atoms with Crippen LogP contribution < -0.4 is 5.32 Å². The van der Waals surface area contributed by atoms with Gasteiger partial charge in [0.25, 0.3) is 0 Å². The SMILES string of the molecule is CCS(=O)(=O)c1ccccc1NC1(CCl)CCC(C)CC1. The number of halogens is 1. The maximum Gasteiger partial charge on any atom is 0.180 e. The first-order valence-corrected chi connectivity index (χ1v) is 9.77. The molecule has 1 N–H and O–H groups in total. The lowest BCUT2D eigenvalue weighted by Crippen LogP contribution is -2.43. The molecule has 0 aliphatic heterocycles. The highest BCUT2D eigenvalue weighted by Gasteiger charge is 2.34. The molecule has 1 aliphatic rings. The van der Waals surface area contributed by atoms with Gasteiger partial charge < -0.3 is 5.32 Å². The molecule has 0 aromatic heterocycles. The number of benzene rings is 1. The molecular formula is C16H24ClNO2S. The van der Waals surface area contributed by atoms with Crippen molar-refractivity contribution < 1.29 is 8.42 Å². The average Bonchev–Trinajstić information content (AvgIpc) is 2.50. The summed E-state index contributed by atoms with van der Waals surface area (Å²) in [7, 11) is -3.23. The van der Waals surface area contributed by atoms with E-state index in [1.807, 2.05) is 12.1 Å². The van der Waals surface area contributed by atoms with Crippen LogP contribution in [0.2, 0.25) is 0 Å². The van der Waals surface area contributed by atoms with Gasteiger partial charge in [-0.25, -0.2) is 8.42 Å². The van der Waals surface area contributed by atoms with Crippen LogP contribution in [0.5, 0.6) is 0 Å². The van der Waals surface area contributed by atoms with Gasteiger partial charge in [0.05, 0.1) is 21.9 Å². The summed E-state index contributed by atoms with van der Waals surface area (Å²) in [6.45, 7) is 3.93. The Morgan fingerprint density at radius 2 is 1.90 bits per heavy atom. The molecule has 0 spiro atoms. The minimum Gasteiger partial charge on any atom is -0.377 e. The van der Waals surface area contributed by atoms with E-state index >= 15 is 0 Å². The summed E-state index contributed by atoms with van der Waals surface area (Å²) >= 11 is 6.22. The van der Waals surface area contributed by atoms with Crippen LogP contribution in [0, 0.1) is 5.92 Å². The van der Waals surface area contributed by atoms with Gasteiger partial charge >= 0.3 is 0 Å². The van der Waals surface area contributed by atoms with Gasteiger partial charge in [-0.05, 0) is 43.7 Å². The Bertz CT molecular complexity index is 578. The molecule has 2 rings (SSSR count). The zero-order valence-corrected chi connectivity index (χ0v) is 14.3. The zero-order valence-electron chi connectivity index (χ0n) is 12.7. The average molecular weight is 330 g/mol. The van der Waals surface area contributed by atoms with Gasteiger partial charge in [-0.3, -0.25) is 0 Å². The molecule has 1 saturated carbocycles. The maximum absolute atomic E-state index is 12.2. The number of rotatable bonds is 5. The van der Waals surface area contributed by atoms with Crippen LogP contribution in [0.4, 0.5) is 5.69 Å². The van der Waals surface area contributed by atoms with E-state index in [2.05, 4.69) is 12.2 Å². The second-order valence-corrected chi connectivity index (χ2v) is 8.63. The van der Waals surface area contributed by atoms with Crippen molar-refractivity contribution >= 4 is 27.1 Å². The fourth-order valence-corrected chi connectivity index (χ4v) is 4.27. The molecule has 0 amide bonds. The van der Waals surface area contributed by atoms with E-state index in [0.29, 0.717) is 16.5 Å². The van der Waals surface area contributed by atoms with Crippen molar-refractivity contribution in [2.75, 3.05) is 16.9 Å². The second kappa shape index (κ2) is 6.57. The van der Waals surface area contributed by atoms with E-state index in [4.69, 9.17) is 11.6 Å². The number of sulfone groups is 1. The van der Waals surface area contributed by atoms with Gasteiger partial charge in [-0.2, -0.15) is 0 Å². The Morgan fingerprint density at radius 3 is 2.48 bits per heavy atom. The lowest BCUT2D eigenvalue weighted by Gasteiger charge is -2.40. The Balaban J connectivity index is 2.31. The van der Waals surface area contributed by atoms with Gasteiger partial charge in [0, 0.05) is 5.88 Å². The predicted octanol–water partition coefficient (Wildman–Crippen LogP) is 4.08. The van der Waals surface area contributed by atoms with E-state index in [-0.39, 0.29) is 11.3 Å². The standard InChI is InChI=1S/C16H24ClNO2S/c1-3-21(19,20)15-7-5-4-6-14(15)18-16(12-17)10-8-13(2)9-11-16/h4-7,13,18H,3,8-12H2,1-2H3. The molecule has 0 atom stereocenters. The fraction of sp³-hybridized carbons (Fsp3) is 0.625. The Hall–Kier alpha value is -0.740. The third-order valence-corrected chi connectivity index (χ3v) is 6.79. The molecule has 5 heteroatoms. The Labute approximate surface area is 133 Å². The maximum atomic E-state index is 12.2. The third-order valence-electron chi connectivity index (χ3n) is 4.49. The van der Waals surface area contributed by atoms with Crippen LogP contribution in [-0.4, -0.2) is 25.6 Å². The molecule has 0 saturated heterocycles. The summed E-state index contributed by atoms with van der Waals surface area (Å²) < 4.78 is 24.5. The van der Waals surface area contributed by atoms with E-state index < -0.39 is 9.84 Å². The highest BCUT2D eigenvalue weighted by Crippen LogP contribution is 2.37. The highest BCUT2D eigenvalue weighted by molar-refractivity contribution is 7.91. The van der Waals surface area contributed by atoms with Gasteiger partial charge in [-0.1, -0.05) is 26.0 Å². The number of para-hydroxylation sites is 1. The Morgan fingerprint density at radius 1 is 1.29 bits per heavy atom. The molecule has 1 fully saturated rings. The molecule has 118 valence electrons.